The molecule has 0 aromatic heterocycles. The van der Waals surface area contributed by atoms with Gasteiger partial charge in [0.15, 0.2) is 0 Å². The second-order valence-corrected chi connectivity index (χ2v) is 4.50. The minimum Gasteiger partial charge on any atom is -0.355 e. The van der Waals surface area contributed by atoms with Crippen LogP contribution in [-0.2, 0) is 4.79 Å². The molecule has 1 fully saturated rings. The zero-order chi connectivity index (χ0) is 11.8. The molecule has 0 radical (unpaired) electrons. The van der Waals surface area contributed by atoms with E-state index in [1.54, 1.807) is 6.92 Å². The number of hydrogen-bond donors (Lipinski definition) is 2. The molecule has 1 amide bonds. The van der Waals surface area contributed by atoms with Crippen molar-refractivity contribution in [2.45, 2.75) is 39.2 Å². The molecule has 2 N–H and O–H groups in total. The largest absolute Gasteiger partial charge is 0.355 e. The quantitative estimate of drug-likeness (QED) is 0.676. The molecular formula is C12H25N3O. The molecule has 0 aromatic carbocycles. The number of hydrogen-bond acceptors (Lipinski definition) is 3. The standard InChI is InChI=1S/C12H25N3O/c1-3-15-9-4-5-12(6-10-15)14-8-7-13-11(2)16/h12,14H,3-10H2,1-2H3,(H,13,16). The summed E-state index contributed by atoms with van der Waals surface area (Å²) >= 11 is 0. The summed E-state index contributed by atoms with van der Waals surface area (Å²) in [5, 5.41) is 6.33. The molecule has 0 saturated carbocycles. The molecule has 4 nitrogen and oxygen atoms in total. The van der Waals surface area contributed by atoms with Gasteiger partial charge in [0, 0.05) is 26.1 Å². The number of nitrogens with one attached hydrogen (secondary N) is 2. The summed E-state index contributed by atoms with van der Waals surface area (Å²) in [7, 11) is 0. The molecule has 4 heteroatoms. The first-order valence-electron chi connectivity index (χ1n) is 6.42. The molecule has 16 heavy (non-hydrogen) atoms. The van der Waals surface area contributed by atoms with Crippen LogP contribution in [0.25, 0.3) is 0 Å². The lowest BCUT2D eigenvalue weighted by Gasteiger charge is -2.18. The predicted molar refractivity (Wildman–Crippen MR) is 66.4 cm³/mol. The maximum atomic E-state index is 10.7. The third-order valence-electron chi connectivity index (χ3n) is 3.20. The van der Waals surface area contributed by atoms with Gasteiger partial charge in [-0.1, -0.05) is 6.92 Å². The van der Waals surface area contributed by atoms with Crippen LogP contribution in [-0.4, -0.2) is 49.6 Å². The Morgan fingerprint density at radius 1 is 1.31 bits per heavy atom. The summed E-state index contributed by atoms with van der Waals surface area (Å²) in [4.78, 5) is 13.2. The Morgan fingerprint density at radius 3 is 2.81 bits per heavy atom. The Hall–Kier alpha value is -0.610. The fourth-order valence-corrected chi connectivity index (χ4v) is 2.19. The van der Waals surface area contributed by atoms with E-state index in [0.29, 0.717) is 6.04 Å². The zero-order valence-electron chi connectivity index (χ0n) is 10.6. The van der Waals surface area contributed by atoms with Crippen molar-refractivity contribution in [3.63, 3.8) is 0 Å². The molecule has 0 spiro atoms. The van der Waals surface area contributed by atoms with Crippen LogP contribution in [0.2, 0.25) is 0 Å². The summed E-state index contributed by atoms with van der Waals surface area (Å²) in [6.07, 6.45) is 3.77. The first kappa shape index (κ1) is 13.5. The maximum absolute atomic E-state index is 10.7. The van der Waals surface area contributed by atoms with Crippen molar-refractivity contribution < 1.29 is 4.79 Å². The van der Waals surface area contributed by atoms with Crippen molar-refractivity contribution in [1.29, 1.82) is 0 Å². The molecule has 0 aromatic rings. The van der Waals surface area contributed by atoms with Crippen LogP contribution >= 0.6 is 0 Å². The van der Waals surface area contributed by atoms with Crippen LogP contribution in [0.4, 0.5) is 0 Å². The summed E-state index contributed by atoms with van der Waals surface area (Å²) in [5.41, 5.74) is 0. The monoisotopic (exact) mass is 227 g/mol. The van der Waals surface area contributed by atoms with E-state index >= 15 is 0 Å². The lowest BCUT2D eigenvalue weighted by Crippen LogP contribution is -2.37. The minimum absolute atomic E-state index is 0.0554. The first-order valence-corrected chi connectivity index (χ1v) is 6.42. The van der Waals surface area contributed by atoms with E-state index in [1.807, 2.05) is 0 Å². The second kappa shape index (κ2) is 7.63. The Morgan fingerprint density at radius 2 is 2.12 bits per heavy atom. The van der Waals surface area contributed by atoms with Gasteiger partial charge < -0.3 is 15.5 Å². The third-order valence-corrected chi connectivity index (χ3v) is 3.20. The normalized spacial score (nSPS) is 22.8. The van der Waals surface area contributed by atoms with E-state index in [1.165, 1.54) is 38.9 Å². The molecule has 1 saturated heterocycles. The van der Waals surface area contributed by atoms with Gasteiger partial charge in [-0.25, -0.2) is 0 Å². The number of rotatable bonds is 5. The van der Waals surface area contributed by atoms with Gasteiger partial charge in [-0.2, -0.15) is 0 Å². The highest BCUT2D eigenvalue weighted by Gasteiger charge is 2.14. The molecule has 0 bridgehead atoms. The maximum Gasteiger partial charge on any atom is 0.216 e. The van der Waals surface area contributed by atoms with Crippen LogP contribution in [0.3, 0.4) is 0 Å². The van der Waals surface area contributed by atoms with Gasteiger partial charge >= 0.3 is 0 Å². The number of amides is 1. The van der Waals surface area contributed by atoms with Crippen molar-refractivity contribution in [2.75, 3.05) is 32.7 Å². The molecule has 1 atom stereocenters. The van der Waals surface area contributed by atoms with Gasteiger partial charge in [0.25, 0.3) is 0 Å². The number of carbonyl (C=O) groups excluding carboxylic acids is 1. The SMILES string of the molecule is CCN1CCCC(NCCNC(C)=O)CC1. The molecule has 0 aliphatic carbocycles. The topological polar surface area (TPSA) is 44.4 Å². The Kier molecular flexibility index (Phi) is 6.42. The number of likely N-dealkylation sites (tertiary alicyclic amines) is 1. The molecule has 1 unspecified atom stereocenters. The lowest BCUT2D eigenvalue weighted by atomic mass is 10.1. The first-order chi connectivity index (χ1) is 7.72. The fourth-order valence-electron chi connectivity index (χ4n) is 2.19. The second-order valence-electron chi connectivity index (χ2n) is 4.50. The highest BCUT2D eigenvalue weighted by molar-refractivity contribution is 5.72. The van der Waals surface area contributed by atoms with Gasteiger partial charge in [-0.05, 0) is 38.9 Å². The van der Waals surface area contributed by atoms with Crippen molar-refractivity contribution in [2.24, 2.45) is 0 Å². The Labute approximate surface area is 98.8 Å². The van der Waals surface area contributed by atoms with Crippen molar-refractivity contribution in [3.05, 3.63) is 0 Å². The van der Waals surface area contributed by atoms with E-state index in [0.717, 1.165) is 13.1 Å². The lowest BCUT2D eigenvalue weighted by molar-refractivity contribution is -0.118. The fraction of sp³-hybridized carbons (Fsp3) is 0.917. The van der Waals surface area contributed by atoms with E-state index in [9.17, 15) is 4.79 Å². The van der Waals surface area contributed by atoms with Crippen LogP contribution in [0, 0.1) is 0 Å². The summed E-state index contributed by atoms with van der Waals surface area (Å²) in [6, 6.07) is 0.630. The summed E-state index contributed by atoms with van der Waals surface area (Å²) in [6.45, 7) is 9.02. The highest BCUT2D eigenvalue weighted by Crippen LogP contribution is 2.10. The molecule has 1 heterocycles. The average molecular weight is 227 g/mol. The van der Waals surface area contributed by atoms with Gasteiger partial charge in [-0.3, -0.25) is 4.79 Å². The summed E-state index contributed by atoms with van der Waals surface area (Å²) < 4.78 is 0. The van der Waals surface area contributed by atoms with Gasteiger partial charge in [0.05, 0.1) is 0 Å². The van der Waals surface area contributed by atoms with Gasteiger partial charge in [-0.15, -0.1) is 0 Å². The smallest absolute Gasteiger partial charge is 0.216 e. The van der Waals surface area contributed by atoms with Crippen molar-refractivity contribution in [1.82, 2.24) is 15.5 Å². The Balaban J connectivity index is 2.10. The predicted octanol–water partition coefficient (Wildman–Crippen LogP) is 0.587. The van der Waals surface area contributed by atoms with Crippen LogP contribution in [0.5, 0.6) is 0 Å². The zero-order valence-corrected chi connectivity index (χ0v) is 10.6. The van der Waals surface area contributed by atoms with Gasteiger partial charge in [0.1, 0.15) is 0 Å². The molecule has 1 aliphatic rings. The van der Waals surface area contributed by atoms with E-state index < -0.39 is 0 Å². The van der Waals surface area contributed by atoms with Crippen molar-refractivity contribution in [3.8, 4) is 0 Å². The Bertz CT molecular complexity index is 208. The summed E-state index contributed by atoms with van der Waals surface area (Å²) in [5.74, 6) is 0.0554. The van der Waals surface area contributed by atoms with Crippen LogP contribution < -0.4 is 10.6 Å². The van der Waals surface area contributed by atoms with E-state index in [-0.39, 0.29) is 5.91 Å². The molecule has 1 aliphatic heterocycles. The third kappa shape index (κ3) is 5.47. The number of nitrogens with zero attached hydrogens (tertiary/aromatic N) is 1. The van der Waals surface area contributed by atoms with Crippen LogP contribution in [0.1, 0.15) is 33.1 Å². The molecule has 1 rings (SSSR count). The highest BCUT2D eigenvalue weighted by atomic mass is 16.1. The van der Waals surface area contributed by atoms with Crippen molar-refractivity contribution >= 4 is 5.91 Å². The van der Waals surface area contributed by atoms with Crippen LogP contribution in [0.15, 0.2) is 0 Å². The minimum atomic E-state index is 0.0554. The van der Waals surface area contributed by atoms with Gasteiger partial charge in [0.2, 0.25) is 5.91 Å². The molecular weight excluding hydrogens is 202 g/mol. The average Bonchev–Trinajstić information content (AvgIpc) is 2.49. The van der Waals surface area contributed by atoms with E-state index in [4.69, 9.17) is 0 Å². The number of carbonyl (C=O) groups is 1. The molecule has 94 valence electrons. The van der Waals surface area contributed by atoms with E-state index in [2.05, 4.69) is 22.5 Å².